The van der Waals surface area contributed by atoms with Crippen LogP contribution in [0.4, 0.5) is 0 Å². The molecular weight excluding hydrogens is 174 g/mol. The zero-order chi connectivity index (χ0) is 10.6. The summed E-state index contributed by atoms with van der Waals surface area (Å²) < 4.78 is 0. The van der Waals surface area contributed by atoms with E-state index in [9.17, 15) is 4.79 Å². The van der Waals surface area contributed by atoms with Crippen LogP contribution in [0.15, 0.2) is 0 Å². The van der Waals surface area contributed by atoms with Crippen LogP contribution in [-0.4, -0.2) is 11.4 Å². The maximum Gasteiger partial charge on any atom is 0.217 e. The first-order chi connectivity index (χ1) is 6.24. The molecule has 80 valence electrons. The fourth-order valence-corrected chi connectivity index (χ4v) is 3.82. The van der Waals surface area contributed by atoms with Gasteiger partial charge in [-0.25, -0.2) is 0 Å². The highest BCUT2D eigenvalue weighted by Gasteiger charge is 2.68. The normalized spacial score (nSPS) is 39.7. The van der Waals surface area contributed by atoms with E-state index in [-0.39, 0.29) is 11.4 Å². The zero-order valence-corrected chi connectivity index (χ0v) is 9.74. The molecule has 0 atom stereocenters. The SMILES string of the molecule is CC(=O)NC12CC(CC(C)(C)C)(C1)C2. The largest absolute Gasteiger partial charge is 0.351 e. The van der Waals surface area contributed by atoms with Gasteiger partial charge in [0.15, 0.2) is 0 Å². The van der Waals surface area contributed by atoms with Crippen LogP contribution in [0.3, 0.4) is 0 Å². The molecule has 2 nitrogen and oxygen atoms in total. The topological polar surface area (TPSA) is 29.1 Å². The average Bonchev–Trinajstić information content (AvgIpc) is 1.75. The number of carbonyl (C=O) groups is 1. The monoisotopic (exact) mass is 195 g/mol. The Morgan fingerprint density at radius 2 is 1.79 bits per heavy atom. The summed E-state index contributed by atoms with van der Waals surface area (Å²) in [6.45, 7) is 8.53. The van der Waals surface area contributed by atoms with Crippen LogP contribution in [0.1, 0.15) is 53.4 Å². The van der Waals surface area contributed by atoms with Crippen molar-refractivity contribution < 1.29 is 4.79 Å². The summed E-state index contributed by atoms with van der Waals surface area (Å²) in [5, 5.41) is 3.09. The molecular formula is C12H21NO. The molecule has 3 rings (SSSR count). The van der Waals surface area contributed by atoms with Crippen molar-refractivity contribution in [2.75, 3.05) is 0 Å². The predicted octanol–water partition coefficient (Wildman–Crippen LogP) is 2.48. The standard InChI is InChI=1S/C12H21NO/c1-9(14)13-12-6-11(7-12,8-12)5-10(2,3)4/h5-8H2,1-4H3,(H,13,14). The first kappa shape index (κ1) is 10.0. The van der Waals surface area contributed by atoms with Gasteiger partial charge in [-0.3, -0.25) is 4.79 Å². The molecule has 0 aromatic rings. The Morgan fingerprint density at radius 1 is 1.29 bits per heavy atom. The zero-order valence-electron chi connectivity index (χ0n) is 9.74. The second-order valence-electron chi connectivity index (χ2n) is 6.73. The van der Waals surface area contributed by atoms with Crippen molar-refractivity contribution in [3.8, 4) is 0 Å². The minimum atomic E-state index is 0.133. The highest BCUT2D eigenvalue weighted by Crippen LogP contribution is 2.70. The minimum absolute atomic E-state index is 0.133. The molecule has 2 heteroatoms. The molecule has 0 heterocycles. The van der Waals surface area contributed by atoms with Gasteiger partial charge in [-0.2, -0.15) is 0 Å². The molecule has 0 aromatic carbocycles. The third-order valence-corrected chi connectivity index (χ3v) is 3.49. The second-order valence-corrected chi connectivity index (χ2v) is 6.73. The molecule has 0 saturated heterocycles. The van der Waals surface area contributed by atoms with E-state index in [2.05, 4.69) is 26.1 Å². The third-order valence-electron chi connectivity index (χ3n) is 3.49. The van der Waals surface area contributed by atoms with Crippen LogP contribution in [-0.2, 0) is 4.79 Å². The Labute approximate surface area is 86.5 Å². The quantitative estimate of drug-likeness (QED) is 0.720. The first-order valence-corrected chi connectivity index (χ1v) is 5.53. The molecule has 3 fully saturated rings. The van der Waals surface area contributed by atoms with E-state index >= 15 is 0 Å². The third kappa shape index (κ3) is 1.55. The van der Waals surface area contributed by atoms with Gasteiger partial charge in [0.2, 0.25) is 5.91 Å². The molecule has 1 N–H and O–H groups in total. The molecule has 0 aromatic heterocycles. The van der Waals surface area contributed by atoms with Crippen molar-refractivity contribution in [1.29, 1.82) is 0 Å². The molecule has 0 radical (unpaired) electrons. The number of rotatable bonds is 2. The van der Waals surface area contributed by atoms with Gasteiger partial charge in [-0.05, 0) is 36.5 Å². The predicted molar refractivity (Wildman–Crippen MR) is 56.9 cm³/mol. The van der Waals surface area contributed by atoms with E-state index < -0.39 is 0 Å². The smallest absolute Gasteiger partial charge is 0.217 e. The van der Waals surface area contributed by atoms with Gasteiger partial charge < -0.3 is 5.32 Å². The molecule has 1 amide bonds. The van der Waals surface area contributed by atoms with E-state index in [0.29, 0.717) is 10.8 Å². The van der Waals surface area contributed by atoms with Crippen molar-refractivity contribution in [1.82, 2.24) is 5.32 Å². The number of hydrogen-bond donors (Lipinski definition) is 1. The summed E-state index contributed by atoms with van der Waals surface area (Å²) in [6, 6.07) is 0. The summed E-state index contributed by atoms with van der Waals surface area (Å²) in [5.41, 5.74) is 1.24. The number of hydrogen-bond acceptors (Lipinski definition) is 1. The van der Waals surface area contributed by atoms with Crippen LogP contribution in [0, 0.1) is 10.8 Å². The minimum Gasteiger partial charge on any atom is -0.351 e. The summed E-state index contributed by atoms with van der Waals surface area (Å²) >= 11 is 0. The van der Waals surface area contributed by atoms with E-state index in [4.69, 9.17) is 0 Å². The average molecular weight is 195 g/mol. The van der Waals surface area contributed by atoms with Gasteiger partial charge in [0.25, 0.3) is 0 Å². The van der Waals surface area contributed by atoms with E-state index in [1.807, 2.05) is 0 Å². The number of nitrogens with one attached hydrogen (secondary N) is 1. The van der Waals surface area contributed by atoms with Crippen molar-refractivity contribution in [3.05, 3.63) is 0 Å². The Bertz CT molecular complexity index is 255. The summed E-state index contributed by atoms with van der Waals surface area (Å²) in [5.74, 6) is 0.133. The van der Waals surface area contributed by atoms with Gasteiger partial charge in [0.1, 0.15) is 0 Å². The molecule has 2 bridgehead atoms. The highest BCUT2D eigenvalue weighted by atomic mass is 16.1. The van der Waals surface area contributed by atoms with Crippen LogP contribution in [0.25, 0.3) is 0 Å². The molecule has 0 spiro atoms. The fraction of sp³-hybridized carbons (Fsp3) is 0.917. The first-order valence-electron chi connectivity index (χ1n) is 5.53. The molecule has 3 aliphatic rings. The van der Waals surface area contributed by atoms with Crippen molar-refractivity contribution in [3.63, 3.8) is 0 Å². The lowest BCUT2D eigenvalue weighted by molar-refractivity contribution is -0.177. The van der Waals surface area contributed by atoms with E-state index in [0.717, 1.165) is 0 Å². The second kappa shape index (κ2) is 2.53. The maximum atomic E-state index is 11.0. The van der Waals surface area contributed by atoms with Crippen molar-refractivity contribution >= 4 is 5.91 Å². The van der Waals surface area contributed by atoms with Crippen LogP contribution in [0.2, 0.25) is 0 Å². The summed E-state index contributed by atoms with van der Waals surface area (Å²) in [7, 11) is 0. The van der Waals surface area contributed by atoms with Gasteiger partial charge in [0.05, 0.1) is 0 Å². The van der Waals surface area contributed by atoms with Gasteiger partial charge in [-0.15, -0.1) is 0 Å². The Balaban J connectivity index is 1.85. The van der Waals surface area contributed by atoms with Gasteiger partial charge in [-0.1, -0.05) is 20.8 Å². The maximum absolute atomic E-state index is 11.0. The van der Waals surface area contributed by atoms with Gasteiger partial charge >= 0.3 is 0 Å². The summed E-state index contributed by atoms with van der Waals surface area (Å²) in [4.78, 5) is 11.0. The van der Waals surface area contributed by atoms with Gasteiger partial charge in [0, 0.05) is 12.5 Å². The van der Waals surface area contributed by atoms with Crippen LogP contribution >= 0.6 is 0 Å². The number of carbonyl (C=O) groups excluding carboxylic acids is 1. The van der Waals surface area contributed by atoms with E-state index in [1.54, 1.807) is 6.92 Å². The van der Waals surface area contributed by atoms with Crippen LogP contribution < -0.4 is 5.32 Å². The molecule has 0 unspecified atom stereocenters. The van der Waals surface area contributed by atoms with Crippen molar-refractivity contribution in [2.45, 2.75) is 58.9 Å². The molecule has 0 aliphatic heterocycles. The van der Waals surface area contributed by atoms with Crippen LogP contribution in [0.5, 0.6) is 0 Å². The van der Waals surface area contributed by atoms with Crippen molar-refractivity contribution in [2.24, 2.45) is 10.8 Å². The fourth-order valence-electron chi connectivity index (χ4n) is 3.82. The lowest BCUT2D eigenvalue weighted by atomic mass is 9.37. The molecule has 14 heavy (non-hydrogen) atoms. The highest BCUT2D eigenvalue weighted by molar-refractivity contribution is 5.74. The lowest BCUT2D eigenvalue weighted by Gasteiger charge is -2.72. The lowest BCUT2D eigenvalue weighted by Crippen LogP contribution is -2.74. The Morgan fingerprint density at radius 3 is 2.14 bits per heavy atom. The number of amides is 1. The van der Waals surface area contributed by atoms with E-state index in [1.165, 1.54) is 25.7 Å². The Kier molecular flexibility index (Phi) is 1.81. The molecule has 3 aliphatic carbocycles. The summed E-state index contributed by atoms with van der Waals surface area (Å²) in [6.07, 6.45) is 4.96. The Hall–Kier alpha value is -0.530. The molecule has 3 saturated carbocycles.